The zero-order valence-electron chi connectivity index (χ0n) is 16.9. The molecule has 0 fully saturated rings. The van der Waals surface area contributed by atoms with E-state index in [-0.39, 0.29) is 5.91 Å². The molecule has 7 heteroatoms. The van der Waals surface area contributed by atoms with Crippen molar-refractivity contribution in [2.45, 2.75) is 13.3 Å². The van der Waals surface area contributed by atoms with E-state index in [9.17, 15) is 4.79 Å². The highest BCUT2D eigenvalue weighted by molar-refractivity contribution is 7.15. The van der Waals surface area contributed by atoms with Crippen molar-refractivity contribution in [3.05, 3.63) is 58.6 Å². The predicted molar refractivity (Wildman–Crippen MR) is 114 cm³/mol. The first kappa shape index (κ1) is 20.7. The Hall–Kier alpha value is -3.06. The van der Waals surface area contributed by atoms with Gasteiger partial charge in [0.1, 0.15) is 5.01 Å². The lowest BCUT2D eigenvalue weighted by Gasteiger charge is -2.14. The van der Waals surface area contributed by atoms with Crippen LogP contribution in [0.4, 0.5) is 0 Å². The van der Waals surface area contributed by atoms with Gasteiger partial charge in [0.2, 0.25) is 5.75 Å². The number of hydrogen-bond donors (Lipinski definition) is 1. The highest BCUT2D eigenvalue weighted by Crippen LogP contribution is 2.38. The molecule has 1 aromatic heterocycles. The lowest BCUT2D eigenvalue weighted by molar-refractivity contribution is 0.0953. The molecular weight excluding hydrogens is 388 g/mol. The van der Waals surface area contributed by atoms with E-state index in [2.05, 4.69) is 10.3 Å². The van der Waals surface area contributed by atoms with Crippen LogP contribution < -0.4 is 19.5 Å². The second-order valence-electron chi connectivity index (χ2n) is 6.31. The molecule has 1 amide bonds. The van der Waals surface area contributed by atoms with Gasteiger partial charge in [-0.15, -0.1) is 11.3 Å². The molecule has 3 rings (SSSR count). The molecule has 29 heavy (non-hydrogen) atoms. The third-order valence-electron chi connectivity index (χ3n) is 4.48. The summed E-state index contributed by atoms with van der Waals surface area (Å²) in [6, 6.07) is 13.4. The van der Waals surface area contributed by atoms with E-state index in [1.54, 1.807) is 23.5 Å². The summed E-state index contributed by atoms with van der Waals surface area (Å²) in [5.74, 6) is 1.15. The van der Waals surface area contributed by atoms with Gasteiger partial charge in [0.05, 0.1) is 27.0 Å². The molecule has 0 aliphatic heterocycles. The summed E-state index contributed by atoms with van der Waals surface area (Å²) in [6.45, 7) is 2.51. The summed E-state index contributed by atoms with van der Waals surface area (Å²) in [6.07, 6.45) is 0.715. The Morgan fingerprint density at radius 3 is 2.28 bits per heavy atom. The molecule has 0 saturated heterocycles. The van der Waals surface area contributed by atoms with Crippen LogP contribution in [0.1, 0.15) is 20.9 Å². The highest BCUT2D eigenvalue weighted by Gasteiger charge is 2.17. The van der Waals surface area contributed by atoms with Gasteiger partial charge in [-0.2, -0.15) is 0 Å². The number of nitrogens with one attached hydrogen (secondary N) is 1. The van der Waals surface area contributed by atoms with Crippen LogP contribution in [-0.2, 0) is 6.42 Å². The number of carbonyl (C=O) groups excluding carboxylic acids is 1. The zero-order valence-corrected chi connectivity index (χ0v) is 17.8. The number of carbonyl (C=O) groups is 1. The Kier molecular flexibility index (Phi) is 6.72. The van der Waals surface area contributed by atoms with Crippen LogP contribution in [0, 0.1) is 6.92 Å². The number of nitrogens with zero attached hydrogens (tertiary/aromatic N) is 1. The van der Waals surface area contributed by atoms with E-state index < -0.39 is 0 Å². The van der Waals surface area contributed by atoms with E-state index in [1.165, 1.54) is 21.3 Å². The summed E-state index contributed by atoms with van der Waals surface area (Å²) < 4.78 is 15.9. The SMILES string of the molecule is COc1cc(C(=O)NCCc2sc(-c3ccccc3)nc2C)cc(OC)c1OC. The predicted octanol–water partition coefficient (Wildman–Crippen LogP) is 4.12. The van der Waals surface area contributed by atoms with Crippen LogP contribution in [0.25, 0.3) is 10.6 Å². The summed E-state index contributed by atoms with van der Waals surface area (Å²) in [5.41, 5.74) is 2.55. The Morgan fingerprint density at radius 2 is 1.69 bits per heavy atom. The first-order valence-corrected chi connectivity index (χ1v) is 9.99. The monoisotopic (exact) mass is 412 g/mol. The minimum absolute atomic E-state index is 0.199. The van der Waals surface area contributed by atoms with Gasteiger partial charge in [-0.3, -0.25) is 4.79 Å². The van der Waals surface area contributed by atoms with E-state index >= 15 is 0 Å². The number of aryl methyl sites for hydroxylation is 1. The summed E-state index contributed by atoms with van der Waals surface area (Å²) in [7, 11) is 4.58. The standard InChI is InChI=1S/C22H24N2O4S/c1-14-19(29-22(24-14)15-8-6-5-7-9-15)10-11-23-21(25)16-12-17(26-2)20(28-4)18(13-16)27-3/h5-9,12-13H,10-11H2,1-4H3,(H,23,25). The minimum Gasteiger partial charge on any atom is -0.493 e. The topological polar surface area (TPSA) is 69.7 Å². The summed E-state index contributed by atoms with van der Waals surface area (Å²) in [5, 5.41) is 3.95. The van der Waals surface area contributed by atoms with Crippen LogP contribution in [0.3, 0.4) is 0 Å². The molecule has 6 nitrogen and oxygen atoms in total. The fourth-order valence-corrected chi connectivity index (χ4v) is 4.04. The summed E-state index contributed by atoms with van der Waals surface area (Å²) in [4.78, 5) is 18.4. The minimum atomic E-state index is -0.199. The molecule has 0 aliphatic carbocycles. The Labute approximate surface area is 174 Å². The lowest BCUT2D eigenvalue weighted by Crippen LogP contribution is -2.25. The fraction of sp³-hybridized carbons (Fsp3) is 0.273. The quantitative estimate of drug-likeness (QED) is 0.603. The number of amides is 1. The third kappa shape index (κ3) is 4.68. The second-order valence-corrected chi connectivity index (χ2v) is 7.40. The number of aromatic nitrogens is 1. The third-order valence-corrected chi connectivity index (χ3v) is 5.74. The van der Waals surface area contributed by atoms with Crippen LogP contribution in [-0.4, -0.2) is 38.8 Å². The van der Waals surface area contributed by atoms with Gasteiger partial charge < -0.3 is 19.5 Å². The average Bonchev–Trinajstić information content (AvgIpc) is 3.13. The molecule has 0 spiro atoms. The van der Waals surface area contributed by atoms with Crippen molar-refractivity contribution in [2.75, 3.05) is 27.9 Å². The zero-order chi connectivity index (χ0) is 20.8. The van der Waals surface area contributed by atoms with E-state index in [4.69, 9.17) is 14.2 Å². The molecule has 0 radical (unpaired) electrons. The van der Waals surface area contributed by atoms with Crippen molar-refractivity contribution in [1.82, 2.24) is 10.3 Å². The van der Waals surface area contributed by atoms with E-state index in [0.717, 1.165) is 21.1 Å². The summed E-state index contributed by atoms with van der Waals surface area (Å²) >= 11 is 1.66. The molecule has 0 atom stereocenters. The van der Waals surface area contributed by atoms with Gasteiger partial charge in [0.15, 0.2) is 11.5 Å². The molecule has 0 bridgehead atoms. The first-order chi connectivity index (χ1) is 14.1. The van der Waals surface area contributed by atoms with Crippen molar-refractivity contribution in [3.63, 3.8) is 0 Å². The van der Waals surface area contributed by atoms with Crippen LogP contribution in [0.15, 0.2) is 42.5 Å². The fourth-order valence-electron chi connectivity index (χ4n) is 2.97. The maximum absolute atomic E-state index is 12.6. The molecule has 1 N–H and O–H groups in total. The molecule has 0 saturated carbocycles. The molecule has 0 aliphatic rings. The van der Waals surface area contributed by atoms with Crippen molar-refractivity contribution in [1.29, 1.82) is 0 Å². The maximum Gasteiger partial charge on any atom is 0.251 e. The Morgan fingerprint density at radius 1 is 1.03 bits per heavy atom. The van der Waals surface area contributed by atoms with Crippen LogP contribution in [0.2, 0.25) is 0 Å². The Bertz CT molecular complexity index is 961. The normalized spacial score (nSPS) is 10.5. The maximum atomic E-state index is 12.6. The van der Waals surface area contributed by atoms with Crippen molar-refractivity contribution in [2.24, 2.45) is 0 Å². The molecule has 0 unspecified atom stereocenters. The molecule has 1 heterocycles. The molecular formula is C22H24N2O4S. The number of rotatable bonds is 8. The average molecular weight is 413 g/mol. The van der Waals surface area contributed by atoms with Gasteiger partial charge in [0, 0.05) is 29.0 Å². The Balaban J connectivity index is 1.67. The van der Waals surface area contributed by atoms with E-state index in [0.29, 0.717) is 35.8 Å². The van der Waals surface area contributed by atoms with Gasteiger partial charge in [-0.25, -0.2) is 4.98 Å². The van der Waals surface area contributed by atoms with Crippen molar-refractivity contribution in [3.8, 4) is 27.8 Å². The molecule has 3 aromatic rings. The van der Waals surface area contributed by atoms with Gasteiger partial charge in [-0.05, 0) is 19.1 Å². The lowest BCUT2D eigenvalue weighted by atomic mass is 10.1. The number of ether oxygens (including phenoxy) is 3. The highest BCUT2D eigenvalue weighted by atomic mass is 32.1. The van der Waals surface area contributed by atoms with Crippen LogP contribution in [0.5, 0.6) is 17.2 Å². The second kappa shape index (κ2) is 9.43. The number of hydrogen-bond acceptors (Lipinski definition) is 6. The number of methoxy groups -OCH3 is 3. The van der Waals surface area contributed by atoms with Gasteiger partial charge in [-0.1, -0.05) is 30.3 Å². The van der Waals surface area contributed by atoms with Crippen LogP contribution >= 0.6 is 11.3 Å². The van der Waals surface area contributed by atoms with Crippen molar-refractivity contribution < 1.29 is 19.0 Å². The first-order valence-electron chi connectivity index (χ1n) is 9.17. The molecule has 2 aromatic carbocycles. The molecule has 152 valence electrons. The van der Waals surface area contributed by atoms with Crippen molar-refractivity contribution >= 4 is 17.2 Å². The van der Waals surface area contributed by atoms with Gasteiger partial charge >= 0.3 is 0 Å². The van der Waals surface area contributed by atoms with Gasteiger partial charge in [0.25, 0.3) is 5.91 Å². The smallest absolute Gasteiger partial charge is 0.251 e. The number of benzene rings is 2. The van der Waals surface area contributed by atoms with E-state index in [1.807, 2.05) is 37.3 Å². The largest absolute Gasteiger partial charge is 0.493 e. The number of thiazole rings is 1.